The van der Waals surface area contributed by atoms with Crippen molar-refractivity contribution >= 4 is 5.71 Å². The molecule has 56 valence electrons. The SMILES string of the molecule is CC1=NC(O)NC(C)=C1C. The summed E-state index contributed by atoms with van der Waals surface area (Å²) in [6.45, 7) is 5.80. The van der Waals surface area contributed by atoms with Crippen molar-refractivity contribution in [3.63, 3.8) is 0 Å². The Morgan fingerprint density at radius 3 is 2.50 bits per heavy atom. The van der Waals surface area contributed by atoms with E-state index in [-0.39, 0.29) is 0 Å². The Morgan fingerprint density at radius 2 is 2.00 bits per heavy atom. The molecule has 1 aliphatic rings. The van der Waals surface area contributed by atoms with Crippen molar-refractivity contribution in [1.82, 2.24) is 5.32 Å². The molecular weight excluding hydrogens is 128 g/mol. The van der Waals surface area contributed by atoms with Gasteiger partial charge in [-0.05, 0) is 26.3 Å². The van der Waals surface area contributed by atoms with Gasteiger partial charge in [0.1, 0.15) is 0 Å². The lowest BCUT2D eigenvalue weighted by Gasteiger charge is -2.19. The Hall–Kier alpha value is -0.830. The highest BCUT2D eigenvalue weighted by atomic mass is 16.3. The van der Waals surface area contributed by atoms with Crippen LogP contribution in [-0.2, 0) is 0 Å². The van der Waals surface area contributed by atoms with E-state index in [4.69, 9.17) is 5.11 Å². The molecule has 1 rings (SSSR count). The molecule has 0 spiro atoms. The topological polar surface area (TPSA) is 44.6 Å². The number of rotatable bonds is 0. The van der Waals surface area contributed by atoms with Crippen LogP contribution in [0, 0.1) is 0 Å². The van der Waals surface area contributed by atoms with Gasteiger partial charge in [-0.25, -0.2) is 4.99 Å². The number of hydrogen-bond acceptors (Lipinski definition) is 3. The third-order valence-electron chi connectivity index (χ3n) is 1.77. The minimum atomic E-state index is -0.747. The quantitative estimate of drug-likeness (QED) is 0.518. The number of hydrogen-bond donors (Lipinski definition) is 2. The molecule has 0 bridgehead atoms. The van der Waals surface area contributed by atoms with Crippen molar-refractivity contribution in [2.75, 3.05) is 0 Å². The number of aliphatic hydroxyl groups excluding tert-OH is 1. The van der Waals surface area contributed by atoms with Crippen LogP contribution >= 0.6 is 0 Å². The zero-order chi connectivity index (χ0) is 7.72. The minimum Gasteiger partial charge on any atom is -0.355 e. The zero-order valence-electron chi connectivity index (χ0n) is 6.47. The lowest BCUT2D eigenvalue weighted by molar-refractivity contribution is 0.157. The summed E-state index contributed by atoms with van der Waals surface area (Å²) in [7, 11) is 0. The number of aliphatic hydroxyl groups is 1. The predicted molar refractivity (Wildman–Crippen MR) is 40.6 cm³/mol. The fraction of sp³-hybridized carbons (Fsp3) is 0.571. The second kappa shape index (κ2) is 2.42. The molecule has 0 aromatic rings. The van der Waals surface area contributed by atoms with Crippen molar-refractivity contribution in [2.45, 2.75) is 27.1 Å². The minimum absolute atomic E-state index is 0.747. The van der Waals surface area contributed by atoms with E-state index >= 15 is 0 Å². The molecule has 3 heteroatoms. The molecule has 10 heavy (non-hydrogen) atoms. The van der Waals surface area contributed by atoms with E-state index in [1.165, 1.54) is 0 Å². The second-order valence-corrected chi connectivity index (χ2v) is 2.48. The van der Waals surface area contributed by atoms with Gasteiger partial charge in [-0.1, -0.05) is 0 Å². The lowest BCUT2D eigenvalue weighted by Crippen LogP contribution is -2.31. The third kappa shape index (κ3) is 1.19. The molecule has 3 nitrogen and oxygen atoms in total. The molecule has 0 aromatic heterocycles. The highest BCUT2D eigenvalue weighted by molar-refractivity contribution is 5.98. The molecule has 1 atom stereocenters. The van der Waals surface area contributed by atoms with Crippen molar-refractivity contribution in [2.24, 2.45) is 4.99 Å². The summed E-state index contributed by atoms with van der Waals surface area (Å²) in [5.74, 6) is 0. The summed E-state index contributed by atoms with van der Waals surface area (Å²) in [5, 5.41) is 11.8. The number of allylic oxidation sites excluding steroid dienone is 2. The molecule has 0 amide bonds. The van der Waals surface area contributed by atoms with E-state index in [0.717, 1.165) is 17.0 Å². The van der Waals surface area contributed by atoms with E-state index in [1.54, 1.807) is 0 Å². The fourth-order valence-electron chi connectivity index (χ4n) is 0.886. The van der Waals surface area contributed by atoms with Gasteiger partial charge in [0, 0.05) is 11.4 Å². The largest absolute Gasteiger partial charge is 0.355 e. The summed E-state index contributed by atoms with van der Waals surface area (Å²) in [4.78, 5) is 3.92. The molecule has 0 aromatic carbocycles. The monoisotopic (exact) mass is 140 g/mol. The maximum Gasteiger partial charge on any atom is 0.223 e. The average Bonchev–Trinajstić information content (AvgIpc) is 1.82. The van der Waals surface area contributed by atoms with Crippen LogP contribution in [0.1, 0.15) is 20.8 Å². The van der Waals surface area contributed by atoms with Gasteiger partial charge in [0.2, 0.25) is 6.35 Å². The average molecular weight is 140 g/mol. The molecule has 0 saturated carbocycles. The van der Waals surface area contributed by atoms with Crippen LogP contribution in [0.5, 0.6) is 0 Å². The van der Waals surface area contributed by atoms with Gasteiger partial charge in [0.15, 0.2) is 0 Å². The van der Waals surface area contributed by atoms with Crippen LogP contribution in [0.25, 0.3) is 0 Å². The van der Waals surface area contributed by atoms with Crippen molar-refractivity contribution in [1.29, 1.82) is 0 Å². The van der Waals surface area contributed by atoms with Crippen LogP contribution in [0.4, 0.5) is 0 Å². The van der Waals surface area contributed by atoms with E-state index in [2.05, 4.69) is 10.3 Å². The molecule has 0 fully saturated rings. The molecule has 1 unspecified atom stereocenters. The van der Waals surface area contributed by atoms with Crippen molar-refractivity contribution in [3.8, 4) is 0 Å². The Kier molecular flexibility index (Phi) is 1.76. The van der Waals surface area contributed by atoms with Crippen molar-refractivity contribution < 1.29 is 5.11 Å². The Balaban J connectivity index is 2.90. The first-order chi connectivity index (χ1) is 4.61. The van der Waals surface area contributed by atoms with E-state index < -0.39 is 6.35 Å². The summed E-state index contributed by atoms with van der Waals surface area (Å²) in [6, 6.07) is 0. The standard InChI is InChI=1S/C7H12N2O/c1-4-5(2)8-7(10)9-6(4)3/h7-8,10H,1-3H3. The molecule has 0 aliphatic carbocycles. The summed E-state index contributed by atoms with van der Waals surface area (Å²) in [6.07, 6.45) is -0.747. The predicted octanol–water partition coefficient (Wildman–Crippen LogP) is 0.620. The van der Waals surface area contributed by atoms with Crippen LogP contribution in [0.3, 0.4) is 0 Å². The number of nitrogens with one attached hydrogen (secondary N) is 1. The first-order valence-corrected chi connectivity index (χ1v) is 3.28. The molecular formula is C7H12N2O. The zero-order valence-corrected chi connectivity index (χ0v) is 6.47. The third-order valence-corrected chi connectivity index (χ3v) is 1.77. The Morgan fingerprint density at radius 1 is 1.40 bits per heavy atom. The van der Waals surface area contributed by atoms with Crippen LogP contribution < -0.4 is 5.32 Å². The second-order valence-electron chi connectivity index (χ2n) is 2.48. The fourth-order valence-corrected chi connectivity index (χ4v) is 0.886. The number of nitrogens with zero attached hydrogens (tertiary/aromatic N) is 1. The maximum atomic E-state index is 9.04. The van der Waals surface area contributed by atoms with Gasteiger partial charge in [-0.15, -0.1) is 0 Å². The smallest absolute Gasteiger partial charge is 0.223 e. The number of aliphatic imine (C=N–C) groups is 1. The van der Waals surface area contributed by atoms with Gasteiger partial charge >= 0.3 is 0 Å². The maximum absolute atomic E-state index is 9.04. The highest BCUT2D eigenvalue weighted by Crippen LogP contribution is 2.09. The van der Waals surface area contributed by atoms with Crippen molar-refractivity contribution in [3.05, 3.63) is 11.3 Å². The summed E-state index contributed by atoms with van der Waals surface area (Å²) >= 11 is 0. The Labute approximate surface area is 60.5 Å². The van der Waals surface area contributed by atoms with Gasteiger partial charge < -0.3 is 10.4 Å². The van der Waals surface area contributed by atoms with E-state index in [9.17, 15) is 0 Å². The van der Waals surface area contributed by atoms with Gasteiger partial charge in [-0.2, -0.15) is 0 Å². The molecule has 1 heterocycles. The molecule has 2 N–H and O–H groups in total. The molecule has 1 aliphatic heterocycles. The van der Waals surface area contributed by atoms with Crippen LogP contribution in [0.15, 0.2) is 16.3 Å². The van der Waals surface area contributed by atoms with Crippen LogP contribution in [0.2, 0.25) is 0 Å². The van der Waals surface area contributed by atoms with Gasteiger partial charge in [0.05, 0.1) is 0 Å². The van der Waals surface area contributed by atoms with E-state index in [1.807, 2.05) is 20.8 Å². The molecule has 0 saturated heterocycles. The van der Waals surface area contributed by atoms with Gasteiger partial charge in [-0.3, -0.25) is 0 Å². The normalized spacial score (nSPS) is 26.0. The van der Waals surface area contributed by atoms with Gasteiger partial charge in [0.25, 0.3) is 0 Å². The van der Waals surface area contributed by atoms with E-state index in [0.29, 0.717) is 0 Å². The van der Waals surface area contributed by atoms with Crippen LogP contribution in [-0.4, -0.2) is 17.2 Å². The first-order valence-electron chi connectivity index (χ1n) is 3.28. The highest BCUT2D eigenvalue weighted by Gasteiger charge is 2.10. The summed E-state index contributed by atoms with van der Waals surface area (Å²) in [5.41, 5.74) is 3.02. The summed E-state index contributed by atoms with van der Waals surface area (Å²) < 4.78 is 0. The Bertz CT molecular complexity index is 206. The lowest BCUT2D eigenvalue weighted by atomic mass is 10.1. The first kappa shape index (κ1) is 7.28. The molecule has 0 radical (unpaired) electrons.